The fraction of sp³-hybridized carbons (Fsp3) is 0.632. The number of carbonyl (C=O) groups excluding carboxylic acids is 1. The Hall–Kier alpha value is -1.75. The molecule has 1 aliphatic heterocycles. The van der Waals surface area contributed by atoms with Gasteiger partial charge in [0, 0.05) is 6.54 Å². The number of likely N-dealkylation sites (tertiary alicyclic amines) is 1. The van der Waals surface area contributed by atoms with E-state index in [1.165, 1.54) is 0 Å². The van der Waals surface area contributed by atoms with Crippen molar-refractivity contribution in [2.75, 3.05) is 19.8 Å². The van der Waals surface area contributed by atoms with Gasteiger partial charge in [0.15, 0.2) is 0 Å². The number of nitrogens with one attached hydrogen (secondary N) is 1. The van der Waals surface area contributed by atoms with E-state index < -0.39 is 0 Å². The molecule has 1 aromatic carbocycles. The van der Waals surface area contributed by atoms with Crippen LogP contribution < -0.4 is 10.1 Å². The Kier molecular flexibility index (Phi) is 6.49. The molecule has 1 fully saturated rings. The van der Waals surface area contributed by atoms with Crippen molar-refractivity contribution in [2.45, 2.75) is 46.2 Å². The highest BCUT2D eigenvalue weighted by Gasteiger charge is 2.34. The average Bonchev–Trinajstić information content (AvgIpc) is 2.94. The van der Waals surface area contributed by atoms with Gasteiger partial charge >= 0.3 is 6.03 Å². The maximum Gasteiger partial charge on any atom is 0.318 e. The first-order valence-electron chi connectivity index (χ1n) is 8.83. The lowest BCUT2D eigenvalue weighted by Gasteiger charge is -2.27. The van der Waals surface area contributed by atoms with Crippen LogP contribution in [-0.2, 0) is 0 Å². The van der Waals surface area contributed by atoms with Crippen molar-refractivity contribution in [3.05, 3.63) is 29.8 Å². The molecule has 0 spiro atoms. The Morgan fingerprint density at radius 1 is 1.33 bits per heavy atom. The SMILES string of the molecule is CC(C)COc1ccc(C(C)NC(=O)N2CCC(C)C2CO)cc1. The maximum atomic E-state index is 12.5. The van der Waals surface area contributed by atoms with Gasteiger partial charge < -0.3 is 20.1 Å². The molecule has 0 radical (unpaired) electrons. The summed E-state index contributed by atoms with van der Waals surface area (Å²) in [5, 5.41) is 12.5. The van der Waals surface area contributed by atoms with Gasteiger partial charge in [0.2, 0.25) is 0 Å². The van der Waals surface area contributed by atoms with E-state index >= 15 is 0 Å². The number of rotatable bonds is 6. The number of carbonyl (C=O) groups is 1. The first kappa shape index (κ1) is 18.6. The van der Waals surface area contributed by atoms with Crippen molar-refractivity contribution >= 4 is 6.03 Å². The normalized spacial score (nSPS) is 21.8. The molecule has 0 aliphatic carbocycles. The van der Waals surface area contributed by atoms with Crippen LogP contribution in [0.4, 0.5) is 4.79 Å². The minimum Gasteiger partial charge on any atom is -0.493 e. The zero-order chi connectivity index (χ0) is 17.7. The lowest BCUT2D eigenvalue weighted by atomic mass is 10.0. The number of urea groups is 1. The number of aliphatic hydroxyl groups is 1. The molecule has 2 rings (SSSR count). The maximum absolute atomic E-state index is 12.5. The predicted octanol–water partition coefficient (Wildman–Crippen LogP) is 3.19. The van der Waals surface area contributed by atoms with Gasteiger partial charge in [-0.25, -0.2) is 4.79 Å². The molecule has 0 aromatic heterocycles. The number of benzene rings is 1. The fourth-order valence-electron chi connectivity index (χ4n) is 3.01. The minimum atomic E-state index is -0.106. The number of ether oxygens (including phenoxy) is 1. The summed E-state index contributed by atoms with van der Waals surface area (Å²) in [6.07, 6.45) is 0.939. The molecule has 5 heteroatoms. The molecule has 0 bridgehead atoms. The van der Waals surface area contributed by atoms with Crippen LogP contribution in [0.5, 0.6) is 5.75 Å². The summed E-state index contributed by atoms with van der Waals surface area (Å²) >= 11 is 0. The van der Waals surface area contributed by atoms with Crippen molar-refractivity contribution < 1.29 is 14.6 Å². The molecule has 134 valence electrons. The van der Waals surface area contributed by atoms with E-state index in [1.54, 1.807) is 4.90 Å². The largest absolute Gasteiger partial charge is 0.493 e. The Balaban J connectivity index is 1.92. The molecule has 1 heterocycles. The summed E-state index contributed by atoms with van der Waals surface area (Å²) in [5.74, 6) is 1.68. The highest BCUT2D eigenvalue weighted by molar-refractivity contribution is 5.75. The Morgan fingerprint density at radius 3 is 2.58 bits per heavy atom. The molecule has 3 unspecified atom stereocenters. The molecule has 1 saturated heterocycles. The molecule has 0 saturated carbocycles. The van der Waals surface area contributed by atoms with Gasteiger partial charge in [-0.15, -0.1) is 0 Å². The molecule has 1 aromatic rings. The predicted molar refractivity (Wildman–Crippen MR) is 95.1 cm³/mol. The van der Waals surface area contributed by atoms with Gasteiger partial charge in [-0.3, -0.25) is 0 Å². The molecule has 24 heavy (non-hydrogen) atoms. The summed E-state index contributed by atoms with van der Waals surface area (Å²) in [5.41, 5.74) is 1.04. The lowest BCUT2D eigenvalue weighted by molar-refractivity contribution is 0.142. The summed E-state index contributed by atoms with van der Waals surface area (Å²) in [4.78, 5) is 14.2. The van der Waals surface area contributed by atoms with Crippen molar-refractivity contribution in [1.82, 2.24) is 10.2 Å². The van der Waals surface area contributed by atoms with Gasteiger partial charge in [-0.2, -0.15) is 0 Å². The Morgan fingerprint density at radius 2 is 2.00 bits per heavy atom. The molecule has 2 amide bonds. The molecule has 1 aliphatic rings. The number of nitrogens with zero attached hydrogens (tertiary/aromatic N) is 1. The Labute approximate surface area is 145 Å². The van der Waals surface area contributed by atoms with Crippen molar-refractivity contribution in [2.24, 2.45) is 11.8 Å². The van der Waals surface area contributed by atoms with Crippen LogP contribution in [0, 0.1) is 11.8 Å². The molecular weight excluding hydrogens is 304 g/mol. The number of amides is 2. The van der Waals surface area contributed by atoms with E-state index in [2.05, 4.69) is 26.1 Å². The van der Waals surface area contributed by atoms with E-state index in [-0.39, 0.29) is 24.7 Å². The van der Waals surface area contributed by atoms with E-state index in [9.17, 15) is 9.90 Å². The van der Waals surface area contributed by atoms with Crippen molar-refractivity contribution in [3.8, 4) is 5.75 Å². The smallest absolute Gasteiger partial charge is 0.318 e. The molecule has 5 nitrogen and oxygen atoms in total. The molecular formula is C19H30N2O3. The van der Waals surface area contributed by atoms with Crippen LogP contribution in [-0.4, -0.2) is 41.8 Å². The van der Waals surface area contributed by atoms with E-state index in [0.717, 1.165) is 17.7 Å². The monoisotopic (exact) mass is 334 g/mol. The van der Waals surface area contributed by atoms with Crippen molar-refractivity contribution in [3.63, 3.8) is 0 Å². The zero-order valence-electron chi connectivity index (χ0n) is 15.2. The summed E-state index contributed by atoms with van der Waals surface area (Å²) in [7, 11) is 0. The van der Waals surface area contributed by atoms with Crippen LogP contribution in [0.15, 0.2) is 24.3 Å². The number of aliphatic hydroxyl groups excluding tert-OH is 1. The fourth-order valence-corrected chi connectivity index (χ4v) is 3.01. The first-order valence-corrected chi connectivity index (χ1v) is 8.83. The molecule has 3 atom stereocenters. The third-order valence-corrected chi connectivity index (χ3v) is 4.63. The summed E-state index contributed by atoms with van der Waals surface area (Å²) < 4.78 is 5.68. The highest BCUT2D eigenvalue weighted by Crippen LogP contribution is 2.24. The summed E-state index contributed by atoms with van der Waals surface area (Å²) in [6, 6.07) is 7.57. The van der Waals surface area contributed by atoms with Gasteiger partial charge in [0.1, 0.15) is 5.75 Å². The topological polar surface area (TPSA) is 61.8 Å². The van der Waals surface area contributed by atoms with Gasteiger partial charge in [-0.1, -0.05) is 32.9 Å². The second-order valence-corrected chi connectivity index (χ2v) is 7.15. The van der Waals surface area contributed by atoms with Crippen LogP contribution in [0.25, 0.3) is 0 Å². The zero-order valence-corrected chi connectivity index (χ0v) is 15.2. The standard InChI is InChI=1S/C19H30N2O3/c1-13(2)12-24-17-7-5-16(6-8-17)15(4)20-19(23)21-10-9-14(3)18(21)11-22/h5-8,13-15,18,22H,9-12H2,1-4H3,(H,20,23). The summed E-state index contributed by atoms with van der Waals surface area (Å²) in [6.45, 7) is 9.69. The molecule has 2 N–H and O–H groups in total. The van der Waals surface area contributed by atoms with Gasteiger partial charge in [0.05, 0.1) is 25.3 Å². The number of hydrogen-bond donors (Lipinski definition) is 2. The van der Waals surface area contributed by atoms with E-state index in [0.29, 0.717) is 25.0 Å². The van der Waals surface area contributed by atoms with E-state index in [4.69, 9.17) is 4.74 Å². The highest BCUT2D eigenvalue weighted by atomic mass is 16.5. The van der Waals surface area contributed by atoms with Gasteiger partial charge in [0.25, 0.3) is 0 Å². The number of hydrogen-bond acceptors (Lipinski definition) is 3. The van der Waals surface area contributed by atoms with Crippen LogP contribution >= 0.6 is 0 Å². The second kappa shape index (κ2) is 8.38. The van der Waals surface area contributed by atoms with Crippen LogP contribution in [0.2, 0.25) is 0 Å². The quantitative estimate of drug-likeness (QED) is 0.840. The van der Waals surface area contributed by atoms with Crippen LogP contribution in [0.3, 0.4) is 0 Å². The first-order chi connectivity index (χ1) is 11.4. The minimum absolute atomic E-state index is 0.0187. The Bertz CT molecular complexity index is 530. The third-order valence-electron chi connectivity index (χ3n) is 4.63. The second-order valence-electron chi connectivity index (χ2n) is 7.15. The average molecular weight is 334 g/mol. The van der Waals surface area contributed by atoms with Crippen molar-refractivity contribution in [1.29, 1.82) is 0 Å². The van der Waals surface area contributed by atoms with Crippen LogP contribution in [0.1, 0.15) is 45.7 Å². The van der Waals surface area contributed by atoms with E-state index in [1.807, 2.05) is 31.2 Å². The third kappa shape index (κ3) is 4.63. The van der Waals surface area contributed by atoms with Gasteiger partial charge in [-0.05, 0) is 42.9 Å². The lowest BCUT2D eigenvalue weighted by Crippen LogP contribution is -2.46.